The molecule has 0 aromatic heterocycles. The number of hydrogen-bond donors (Lipinski definition) is 2. The number of benzene rings is 2. The fraction of sp³-hybridized carbons (Fsp3) is 0.381. The van der Waals surface area contributed by atoms with Gasteiger partial charge in [0.25, 0.3) is 0 Å². The van der Waals surface area contributed by atoms with Crippen LogP contribution in [0.3, 0.4) is 0 Å². The maximum Gasteiger partial charge on any atom is 0.314 e. The lowest BCUT2D eigenvalue weighted by Gasteiger charge is -2.34. The van der Waals surface area contributed by atoms with Crippen molar-refractivity contribution in [3.05, 3.63) is 71.5 Å². The zero-order valence-corrected chi connectivity index (χ0v) is 15.4. The van der Waals surface area contributed by atoms with Crippen LogP contribution in [-0.2, 0) is 11.2 Å². The monoisotopic (exact) mass is 371 g/mol. The molecule has 2 aromatic carbocycles. The molecule has 0 bridgehead atoms. The number of ether oxygens (including phenoxy) is 1. The van der Waals surface area contributed by atoms with Crippen LogP contribution in [0.4, 0.5) is 9.18 Å². The first-order valence-electron chi connectivity index (χ1n) is 9.35. The summed E-state index contributed by atoms with van der Waals surface area (Å²) in [5.74, 6) is -0.250. The summed E-state index contributed by atoms with van der Waals surface area (Å²) >= 11 is 0. The van der Waals surface area contributed by atoms with Gasteiger partial charge in [-0.3, -0.25) is 4.90 Å². The molecule has 1 heterocycles. The number of nitrogens with one attached hydrogen (secondary N) is 2. The van der Waals surface area contributed by atoms with E-state index in [-0.39, 0.29) is 17.9 Å². The number of carbonyl (C=O) groups is 1. The first-order chi connectivity index (χ1) is 13.2. The Morgan fingerprint density at radius 1 is 1.04 bits per heavy atom. The lowest BCUT2D eigenvalue weighted by molar-refractivity contribution is 0.0167. The van der Waals surface area contributed by atoms with Gasteiger partial charge in [0, 0.05) is 26.2 Å². The van der Waals surface area contributed by atoms with E-state index in [1.54, 1.807) is 12.1 Å². The molecule has 1 aliphatic rings. The number of carbonyl (C=O) groups excluding carboxylic acids is 1. The van der Waals surface area contributed by atoms with Gasteiger partial charge in [-0.05, 0) is 29.7 Å². The minimum Gasteiger partial charge on any atom is -0.379 e. The number of rotatable bonds is 7. The zero-order valence-electron chi connectivity index (χ0n) is 15.4. The number of hydrogen-bond acceptors (Lipinski definition) is 3. The Kier molecular flexibility index (Phi) is 7.19. The van der Waals surface area contributed by atoms with Gasteiger partial charge in [0.2, 0.25) is 0 Å². The van der Waals surface area contributed by atoms with Crippen molar-refractivity contribution in [1.82, 2.24) is 15.5 Å². The predicted octanol–water partition coefficient (Wildman–Crippen LogP) is 2.74. The summed E-state index contributed by atoms with van der Waals surface area (Å²) in [5, 5.41) is 5.85. The number of halogens is 1. The summed E-state index contributed by atoms with van der Waals surface area (Å²) < 4.78 is 18.4. The second-order valence-corrected chi connectivity index (χ2v) is 6.59. The Morgan fingerprint density at radius 2 is 1.74 bits per heavy atom. The molecule has 0 radical (unpaired) electrons. The highest BCUT2D eigenvalue weighted by Crippen LogP contribution is 2.20. The Hall–Kier alpha value is -2.44. The van der Waals surface area contributed by atoms with Gasteiger partial charge in [-0.2, -0.15) is 0 Å². The first kappa shape index (κ1) is 19.3. The molecular weight excluding hydrogens is 345 g/mol. The molecular formula is C21H26FN3O2. The predicted molar refractivity (Wildman–Crippen MR) is 103 cm³/mol. The minimum atomic E-state index is -0.250. The maximum absolute atomic E-state index is 12.9. The summed E-state index contributed by atoms with van der Waals surface area (Å²) in [4.78, 5) is 14.5. The van der Waals surface area contributed by atoms with Gasteiger partial charge < -0.3 is 15.4 Å². The third-order valence-corrected chi connectivity index (χ3v) is 4.74. The molecule has 0 spiro atoms. The van der Waals surface area contributed by atoms with Crippen molar-refractivity contribution < 1.29 is 13.9 Å². The molecule has 144 valence electrons. The standard InChI is InChI=1S/C21H26FN3O2/c22-19-8-6-17(7-9-19)10-11-23-21(26)24-16-20(18-4-2-1-3-5-18)25-12-14-27-15-13-25/h1-9,20H,10-16H2,(H2,23,24,26). The number of nitrogens with zero attached hydrogens (tertiary/aromatic N) is 1. The third kappa shape index (κ3) is 6.05. The molecule has 1 unspecified atom stereocenters. The van der Waals surface area contributed by atoms with Crippen molar-refractivity contribution in [3.63, 3.8) is 0 Å². The number of amides is 2. The van der Waals surface area contributed by atoms with Crippen LogP contribution < -0.4 is 10.6 Å². The van der Waals surface area contributed by atoms with Crippen LogP contribution in [0.15, 0.2) is 54.6 Å². The Bertz CT molecular complexity index is 703. The maximum atomic E-state index is 12.9. The summed E-state index contributed by atoms with van der Waals surface area (Å²) in [6, 6.07) is 16.5. The van der Waals surface area contributed by atoms with Crippen LogP contribution >= 0.6 is 0 Å². The second-order valence-electron chi connectivity index (χ2n) is 6.59. The van der Waals surface area contributed by atoms with Crippen molar-refractivity contribution in [1.29, 1.82) is 0 Å². The molecule has 1 fully saturated rings. The van der Waals surface area contributed by atoms with E-state index in [1.165, 1.54) is 17.7 Å². The fourth-order valence-electron chi connectivity index (χ4n) is 3.25. The smallest absolute Gasteiger partial charge is 0.314 e. The molecule has 1 aliphatic heterocycles. The first-order valence-corrected chi connectivity index (χ1v) is 9.35. The van der Waals surface area contributed by atoms with Crippen LogP contribution in [0.25, 0.3) is 0 Å². The van der Waals surface area contributed by atoms with Crippen molar-refractivity contribution in [2.24, 2.45) is 0 Å². The average molecular weight is 371 g/mol. The molecule has 0 aliphatic carbocycles. The van der Waals surface area contributed by atoms with E-state index in [1.807, 2.05) is 18.2 Å². The lowest BCUT2D eigenvalue weighted by atomic mass is 10.0. The number of urea groups is 1. The minimum absolute atomic E-state index is 0.123. The molecule has 6 heteroatoms. The molecule has 1 atom stereocenters. The molecule has 2 N–H and O–H groups in total. The Balaban J connectivity index is 1.48. The van der Waals surface area contributed by atoms with E-state index in [0.717, 1.165) is 18.7 Å². The van der Waals surface area contributed by atoms with Crippen LogP contribution in [0.5, 0.6) is 0 Å². The molecule has 1 saturated heterocycles. The van der Waals surface area contributed by atoms with E-state index in [4.69, 9.17) is 4.74 Å². The van der Waals surface area contributed by atoms with Gasteiger partial charge in [0.1, 0.15) is 5.82 Å². The lowest BCUT2D eigenvalue weighted by Crippen LogP contribution is -2.46. The van der Waals surface area contributed by atoms with Crippen molar-refractivity contribution in [2.45, 2.75) is 12.5 Å². The van der Waals surface area contributed by atoms with E-state index in [9.17, 15) is 9.18 Å². The summed E-state index contributed by atoms with van der Waals surface area (Å²) in [6.45, 7) is 4.18. The van der Waals surface area contributed by atoms with E-state index in [0.29, 0.717) is 32.7 Å². The van der Waals surface area contributed by atoms with Crippen LogP contribution in [0, 0.1) is 5.82 Å². The quantitative estimate of drug-likeness (QED) is 0.787. The van der Waals surface area contributed by atoms with Crippen molar-refractivity contribution in [3.8, 4) is 0 Å². The Morgan fingerprint density at radius 3 is 2.44 bits per heavy atom. The van der Waals surface area contributed by atoms with Gasteiger partial charge in [-0.15, -0.1) is 0 Å². The number of morpholine rings is 1. The molecule has 2 amide bonds. The summed E-state index contributed by atoms with van der Waals surface area (Å²) in [6.07, 6.45) is 0.666. The van der Waals surface area contributed by atoms with E-state index in [2.05, 4.69) is 27.7 Å². The van der Waals surface area contributed by atoms with Gasteiger partial charge in [-0.25, -0.2) is 9.18 Å². The average Bonchev–Trinajstić information content (AvgIpc) is 2.71. The van der Waals surface area contributed by atoms with Gasteiger partial charge in [0.05, 0.1) is 19.3 Å². The molecule has 2 aromatic rings. The van der Waals surface area contributed by atoms with Gasteiger partial charge in [0.15, 0.2) is 0 Å². The van der Waals surface area contributed by atoms with Gasteiger partial charge in [-0.1, -0.05) is 42.5 Å². The van der Waals surface area contributed by atoms with Gasteiger partial charge >= 0.3 is 6.03 Å². The second kappa shape index (κ2) is 10.0. The van der Waals surface area contributed by atoms with Crippen molar-refractivity contribution in [2.75, 3.05) is 39.4 Å². The highest BCUT2D eigenvalue weighted by Gasteiger charge is 2.22. The topological polar surface area (TPSA) is 53.6 Å². The summed E-state index contributed by atoms with van der Waals surface area (Å²) in [7, 11) is 0. The SMILES string of the molecule is O=C(NCCc1ccc(F)cc1)NCC(c1ccccc1)N1CCOCC1. The van der Waals surface area contributed by atoms with Crippen molar-refractivity contribution >= 4 is 6.03 Å². The van der Waals surface area contributed by atoms with E-state index >= 15 is 0 Å². The van der Waals surface area contributed by atoms with Crippen LogP contribution in [-0.4, -0.2) is 50.3 Å². The molecule has 3 rings (SSSR count). The molecule has 0 saturated carbocycles. The summed E-state index contributed by atoms with van der Waals surface area (Å²) in [5.41, 5.74) is 2.18. The van der Waals surface area contributed by atoms with E-state index < -0.39 is 0 Å². The van der Waals surface area contributed by atoms with Crippen LogP contribution in [0.1, 0.15) is 17.2 Å². The highest BCUT2D eigenvalue weighted by molar-refractivity contribution is 5.73. The third-order valence-electron chi connectivity index (χ3n) is 4.74. The van der Waals surface area contributed by atoms with Crippen LogP contribution in [0.2, 0.25) is 0 Å². The molecule has 27 heavy (non-hydrogen) atoms. The fourth-order valence-corrected chi connectivity index (χ4v) is 3.25. The molecule has 5 nitrogen and oxygen atoms in total. The largest absolute Gasteiger partial charge is 0.379 e. The Labute approximate surface area is 159 Å². The zero-order chi connectivity index (χ0) is 18.9. The highest BCUT2D eigenvalue weighted by atomic mass is 19.1. The normalized spacial score (nSPS) is 15.9.